The maximum Gasteiger partial charge on any atom is 0.186 e. The minimum atomic E-state index is 0.0751. The molecule has 0 N–H and O–H groups in total. The fourth-order valence-electron chi connectivity index (χ4n) is 0.827. The number of allylic oxidation sites excluding steroid dienone is 2. The van der Waals surface area contributed by atoms with E-state index in [1.165, 1.54) is 0 Å². The molecule has 0 bridgehead atoms. The number of carbonyl (C=O) groups is 1. The van der Waals surface area contributed by atoms with Crippen LogP contribution in [0.2, 0.25) is 0 Å². The SMILES string of the molecule is CC(C)(C)C=CC(=O)c1ccsc1. The Hall–Kier alpha value is -0.890. The van der Waals surface area contributed by atoms with Crippen LogP contribution in [0.15, 0.2) is 29.0 Å². The minimum absolute atomic E-state index is 0.0751. The smallest absolute Gasteiger partial charge is 0.186 e. The average molecular weight is 194 g/mol. The van der Waals surface area contributed by atoms with Crippen LogP contribution < -0.4 is 0 Å². The molecule has 1 heterocycles. The second kappa shape index (κ2) is 3.88. The van der Waals surface area contributed by atoms with E-state index in [1.807, 2.05) is 22.9 Å². The van der Waals surface area contributed by atoms with Crippen LogP contribution in [0.3, 0.4) is 0 Å². The Bertz CT molecular complexity index is 301. The molecule has 0 aromatic carbocycles. The van der Waals surface area contributed by atoms with Crippen LogP contribution in [-0.4, -0.2) is 5.78 Å². The van der Waals surface area contributed by atoms with Gasteiger partial charge >= 0.3 is 0 Å². The van der Waals surface area contributed by atoms with E-state index in [0.717, 1.165) is 5.56 Å². The van der Waals surface area contributed by atoms with Gasteiger partial charge in [-0.3, -0.25) is 4.79 Å². The summed E-state index contributed by atoms with van der Waals surface area (Å²) < 4.78 is 0. The van der Waals surface area contributed by atoms with Gasteiger partial charge in [0.15, 0.2) is 5.78 Å². The molecular weight excluding hydrogens is 180 g/mol. The Morgan fingerprint density at radius 1 is 1.46 bits per heavy atom. The molecule has 0 aliphatic rings. The molecule has 0 atom stereocenters. The lowest BCUT2D eigenvalue weighted by Gasteiger charge is -2.10. The van der Waals surface area contributed by atoms with Gasteiger partial charge in [0.25, 0.3) is 0 Å². The van der Waals surface area contributed by atoms with E-state index in [9.17, 15) is 4.79 Å². The van der Waals surface area contributed by atoms with Gasteiger partial charge in [-0.15, -0.1) is 0 Å². The van der Waals surface area contributed by atoms with Crippen molar-refractivity contribution in [2.75, 3.05) is 0 Å². The fraction of sp³-hybridized carbons (Fsp3) is 0.364. The molecule has 0 unspecified atom stereocenters. The van der Waals surface area contributed by atoms with E-state index in [1.54, 1.807) is 17.4 Å². The van der Waals surface area contributed by atoms with Crippen LogP contribution in [0.25, 0.3) is 0 Å². The number of hydrogen-bond acceptors (Lipinski definition) is 2. The zero-order valence-corrected chi connectivity index (χ0v) is 9.02. The molecule has 1 rings (SSSR count). The van der Waals surface area contributed by atoms with Crippen molar-refractivity contribution in [2.24, 2.45) is 5.41 Å². The highest BCUT2D eigenvalue weighted by Crippen LogP contribution is 2.15. The number of carbonyl (C=O) groups excluding carboxylic acids is 1. The van der Waals surface area contributed by atoms with Crippen LogP contribution in [-0.2, 0) is 0 Å². The van der Waals surface area contributed by atoms with Gasteiger partial charge in [-0.1, -0.05) is 26.8 Å². The van der Waals surface area contributed by atoms with E-state index in [4.69, 9.17) is 0 Å². The Labute approximate surface area is 83.1 Å². The molecule has 0 aliphatic carbocycles. The van der Waals surface area contributed by atoms with Crippen molar-refractivity contribution < 1.29 is 4.79 Å². The predicted molar refractivity (Wildman–Crippen MR) is 57.2 cm³/mol. The second-order valence-corrected chi connectivity index (χ2v) is 4.86. The van der Waals surface area contributed by atoms with Gasteiger partial charge in [0.2, 0.25) is 0 Å². The highest BCUT2D eigenvalue weighted by Gasteiger charge is 2.06. The van der Waals surface area contributed by atoms with Gasteiger partial charge in [-0.2, -0.15) is 11.3 Å². The third-order valence-electron chi connectivity index (χ3n) is 1.54. The maximum absolute atomic E-state index is 11.5. The summed E-state index contributed by atoms with van der Waals surface area (Å²) in [7, 11) is 0. The number of rotatable bonds is 2. The Kier molecular flexibility index (Phi) is 3.04. The average Bonchev–Trinajstić information content (AvgIpc) is 2.50. The summed E-state index contributed by atoms with van der Waals surface area (Å²) in [4.78, 5) is 11.5. The summed E-state index contributed by atoms with van der Waals surface area (Å²) in [5, 5.41) is 3.79. The molecule has 1 aromatic heterocycles. The van der Waals surface area contributed by atoms with E-state index >= 15 is 0 Å². The van der Waals surface area contributed by atoms with Crippen molar-refractivity contribution in [1.29, 1.82) is 0 Å². The van der Waals surface area contributed by atoms with Crippen molar-refractivity contribution in [3.8, 4) is 0 Å². The molecule has 2 heteroatoms. The van der Waals surface area contributed by atoms with Gasteiger partial charge in [0, 0.05) is 10.9 Å². The molecule has 1 nitrogen and oxygen atoms in total. The summed E-state index contributed by atoms with van der Waals surface area (Å²) >= 11 is 1.55. The third-order valence-corrected chi connectivity index (χ3v) is 2.22. The van der Waals surface area contributed by atoms with Crippen LogP contribution >= 0.6 is 11.3 Å². The largest absolute Gasteiger partial charge is 0.289 e. The number of hydrogen-bond donors (Lipinski definition) is 0. The summed E-state index contributed by atoms with van der Waals surface area (Å²) in [5.41, 5.74) is 0.858. The quantitative estimate of drug-likeness (QED) is 0.520. The second-order valence-electron chi connectivity index (χ2n) is 4.08. The fourth-order valence-corrected chi connectivity index (χ4v) is 1.47. The van der Waals surface area contributed by atoms with E-state index < -0.39 is 0 Å². The Morgan fingerprint density at radius 3 is 2.62 bits per heavy atom. The molecule has 0 spiro atoms. The predicted octanol–water partition coefficient (Wildman–Crippen LogP) is 3.53. The lowest BCUT2D eigenvalue weighted by molar-refractivity contribution is 0.104. The summed E-state index contributed by atoms with van der Waals surface area (Å²) in [6.45, 7) is 6.22. The van der Waals surface area contributed by atoms with Crippen LogP contribution in [0.5, 0.6) is 0 Å². The van der Waals surface area contributed by atoms with Crippen molar-refractivity contribution in [2.45, 2.75) is 20.8 Å². The summed E-state index contributed by atoms with van der Waals surface area (Å²) in [6.07, 6.45) is 3.59. The molecule has 0 saturated carbocycles. The first-order valence-corrected chi connectivity index (χ1v) is 5.19. The summed E-state index contributed by atoms with van der Waals surface area (Å²) in [6, 6.07) is 1.85. The van der Waals surface area contributed by atoms with Gasteiger partial charge in [-0.25, -0.2) is 0 Å². The van der Waals surface area contributed by atoms with Gasteiger partial charge in [-0.05, 0) is 22.9 Å². The van der Waals surface area contributed by atoms with Crippen molar-refractivity contribution in [1.82, 2.24) is 0 Å². The highest BCUT2D eigenvalue weighted by atomic mass is 32.1. The molecule has 1 aromatic rings. The van der Waals surface area contributed by atoms with Gasteiger partial charge in [0.05, 0.1) is 0 Å². The zero-order valence-electron chi connectivity index (χ0n) is 8.20. The zero-order chi connectivity index (χ0) is 9.90. The van der Waals surface area contributed by atoms with Gasteiger partial charge in [0.1, 0.15) is 0 Å². The van der Waals surface area contributed by atoms with Crippen LogP contribution in [0, 0.1) is 5.41 Å². The first-order valence-electron chi connectivity index (χ1n) is 4.25. The van der Waals surface area contributed by atoms with Crippen molar-refractivity contribution in [3.63, 3.8) is 0 Å². The normalized spacial score (nSPS) is 12.2. The first-order chi connectivity index (χ1) is 5.99. The summed E-state index contributed by atoms with van der Waals surface area (Å²) in [5.74, 6) is 0.0937. The monoisotopic (exact) mass is 194 g/mol. The molecular formula is C11H14OS. The van der Waals surface area contributed by atoms with Crippen LogP contribution in [0.1, 0.15) is 31.1 Å². The molecule has 0 amide bonds. The molecule has 0 saturated heterocycles. The van der Waals surface area contributed by atoms with Crippen molar-refractivity contribution >= 4 is 17.1 Å². The van der Waals surface area contributed by atoms with Crippen LogP contribution in [0.4, 0.5) is 0 Å². The van der Waals surface area contributed by atoms with E-state index in [0.29, 0.717) is 0 Å². The molecule has 0 radical (unpaired) electrons. The van der Waals surface area contributed by atoms with Crippen molar-refractivity contribution in [3.05, 3.63) is 34.5 Å². The lowest BCUT2D eigenvalue weighted by Crippen LogP contribution is -2.01. The Morgan fingerprint density at radius 2 is 2.15 bits per heavy atom. The molecule has 13 heavy (non-hydrogen) atoms. The first kappa shape index (κ1) is 10.2. The molecule has 0 aliphatic heterocycles. The standard InChI is InChI=1S/C11H14OS/c1-11(2,3)6-4-10(12)9-5-7-13-8-9/h4-8H,1-3H3. The topological polar surface area (TPSA) is 17.1 Å². The van der Waals surface area contributed by atoms with E-state index in [-0.39, 0.29) is 11.2 Å². The van der Waals surface area contributed by atoms with Gasteiger partial charge < -0.3 is 0 Å². The molecule has 70 valence electrons. The highest BCUT2D eigenvalue weighted by molar-refractivity contribution is 7.08. The Balaban J connectivity index is 2.67. The van der Waals surface area contributed by atoms with E-state index in [2.05, 4.69) is 20.8 Å². The third kappa shape index (κ3) is 3.55. The molecule has 0 fully saturated rings. The minimum Gasteiger partial charge on any atom is -0.289 e. The lowest BCUT2D eigenvalue weighted by atomic mass is 9.95. The number of ketones is 1. The maximum atomic E-state index is 11.5. The number of thiophene rings is 1.